The predicted octanol–water partition coefficient (Wildman–Crippen LogP) is 4.26. The largest absolute Gasteiger partial charge is 0.350 e. The Bertz CT molecular complexity index is 1030. The van der Waals surface area contributed by atoms with Gasteiger partial charge in [0, 0.05) is 22.8 Å². The standard InChI is InChI=1S/C19H15FN4O/c1-11-5-6-16(20)15-8-17(24-18(11)15)19(25)23-14-4-2-3-12(7-14)13-9-21-22-10-13/h2-10,24H,1H3,(H,21,22)(H,23,25). The van der Waals surface area contributed by atoms with E-state index in [9.17, 15) is 9.18 Å². The molecule has 5 nitrogen and oxygen atoms in total. The summed E-state index contributed by atoms with van der Waals surface area (Å²) in [6, 6.07) is 12.1. The number of aryl methyl sites for hydroxylation is 1. The van der Waals surface area contributed by atoms with Crippen molar-refractivity contribution in [2.45, 2.75) is 6.92 Å². The van der Waals surface area contributed by atoms with Gasteiger partial charge in [0.25, 0.3) is 5.91 Å². The summed E-state index contributed by atoms with van der Waals surface area (Å²) in [6.45, 7) is 1.87. The molecule has 1 amide bonds. The van der Waals surface area contributed by atoms with Gasteiger partial charge >= 0.3 is 0 Å². The van der Waals surface area contributed by atoms with Crippen LogP contribution in [0, 0.1) is 12.7 Å². The molecule has 2 aromatic heterocycles. The number of aromatic amines is 2. The Balaban J connectivity index is 1.63. The average molecular weight is 334 g/mol. The minimum Gasteiger partial charge on any atom is -0.350 e. The maximum absolute atomic E-state index is 13.9. The van der Waals surface area contributed by atoms with Crippen molar-refractivity contribution >= 4 is 22.5 Å². The first-order chi connectivity index (χ1) is 12.1. The lowest BCUT2D eigenvalue weighted by molar-refractivity contribution is 0.102. The third-order valence-corrected chi connectivity index (χ3v) is 4.15. The van der Waals surface area contributed by atoms with Crippen LogP contribution in [0.2, 0.25) is 0 Å². The topological polar surface area (TPSA) is 73.6 Å². The van der Waals surface area contributed by atoms with Gasteiger partial charge in [0.05, 0.1) is 11.7 Å². The van der Waals surface area contributed by atoms with Crippen LogP contribution in [0.15, 0.2) is 54.9 Å². The highest BCUT2D eigenvalue weighted by molar-refractivity contribution is 6.06. The second kappa shape index (κ2) is 5.90. The number of benzene rings is 2. The zero-order chi connectivity index (χ0) is 17.4. The minimum atomic E-state index is -0.349. The molecular weight excluding hydrogens is 319 g/mol. The van der Waals surface area contributed by atoms with Gasteiger partial charge in [-0.2, -0.15) is 5.10 Å². The fraction of sp³-hybridized carbons (Fsp3) is 0.0526. The Morgan fingerprint density at radius 2 is 2.04 bits per heavy atom. The van der Waals surface area contributed by atoms with Gasteiger partial charge in [-0.05, 0) is 42.3 Å². The highest BCUT2D eigenvalue weighted by Crippen LogP contribution is 2.24. The van der Waals surface area contributed by atoms with E-state index >= 15 is 0 Å². The lowest BCUT2D eigenvalue weighted by Gasteiger charge is -2.05. The number of nitrogens with one attached hydrogen (secondary N) is 3. The highest BCUT2D eigenvalue weighted by atomic mass is 19.1. The Morgan fingerprint density at radius 1 is 1.16 bits per heavy atom. The third-order valence-electron chi connectivity index (χ3n) is 4.15. The quantitative estimate of drug-likeness (QED) is 0.524. The van der Waals surface area contributed by atoms with Crippen LogP contribution in [0.3, 0.4) is 0 Å². The molecule has 25 heavy (non-hydrogen) atoms. The summed E-state index contributed by atoms with van der Waals surface area (Å²) in [5, 5.41) is 9.94. The zero-order valence-electron chi connectivity index (χ0n) is 13.4. The molecule has 0 bridgehead atoms. The van der Waals surface area contributed by atoms with Gasteiger partial charge < -0.3 is 10.3 Å². The molecule has 4 aromatic rings. The van der Waals surface area contributed by atoms with Crippen molar-refractivity contribution in [3.05, 3.63) is 71.9 Å². The molecule has 0 unspecified atom stereocenters. The van der Waals surface area contributed by atoms with E-state index in [0.717, 1.165) is 16.7 Å². The van der Waals surface area contributed by atoms with Crippen LogP contribution in [0.1, 0.15) is 16.1 Å². The molecule has 2 heterocycles. The molecule has 3 N–H and O–H groups in total. The summed E-state index contributed by atoms with van der Waals surface area (Å²) in [5.74, 6) is -0.669. The molecule has 4 rings (SSSR count). The molecule has 0 saturated heterocycles. The lowest BCUT2D eigenvalue weighted by atomic mass is 10.1. The summed E-state index contributed by atoms with van der Waals surface area (Å²) in [4.78, 5) is 15.5. The molecule has 0 fully saturated rings. The maximum Gasteiger partial charge on any atom is 0.272 e. The van der Waals surface area contributed by atoms with Crippen molar-refractivity contribution in [2.75, 3.05) is 5.32 Å². The molecule has 6 heteroatoms. The van der Waals surface area contributed by atoms with Gasteiger partial charge in [-0.3, -0.25) is 9.89 Å². The smallest absolute Gasteiger partial charge is 0.272 e. The van der Waals surface area contributed by atoms with Gasteiger partial charge in [-0.25, -0.2) is 4.39 Å². The maximum atomic E-state index is 13.9. The number of halogens is 1. The van der Waals surface area contributed by atoms with Gasteiger partial charge in [-0.15, -0.1) is 0 Å². The van der Waals surface area contributed by atoms with Gasteiger partial charge in [0.2, 0.25) is 0 Å². The van der Waals surface area contributed by atoms with Gasteiger partial charge in [0.15, 0.2) is 0 Å². The first-order valence-electron chi connectivity index (χ1n) is 7.80. The summed E-state index contributed by atoms with van der Waals surface area (Å²) >= 11 is 0. The molecule has 124 valence electrons. The molecular formula is C19H15FN4O. The SMILES string of the molecule is Cc1ccc(F)c2cc(C(=O)Nc3cccc(-c4cn[nH]c4)c3)[nH]c12. The molecule has 0 saturated carbocycles. The number of nitrogens with zero attached hydrogens (tertiary/aromatic N) is 1. The van der Waals surface area contributed by atoms with Crippen molar-refractivity contribution in [1.29, 1.82) is 0 Å². The van der Waals surface area contributed by atoms with E-state index in [2.05, 4.69) is 20.5 Å². The Labute approximate surface area is 142 Å². The summed E-state index contributed by atoms with van der Waals surface area (Å²) in [7, 11) is 0. The number of hydrogen-bond acceptors (Lipinski definition) is 2. The van der Waals surface area contributed by atoms with Crippen LogP contribution in [0.5, 0.6) is 0 Å². The van der Waals surface area contributed by atoms with Crippen molar-refractivity contribution in [2.24, 2.45) is 0 Å². The molecule has 0 aliphatic carbocycles. The second-order valence-electron chi connectivity index (χ2n) is 5.86. The van der Waals surface area contributed by atoms with Crippen LogP contribution in [0.4, 0.5) is 10.1 Å². The fourth-order valence-corrected chi connectivity index (χ4v) is 2.83. The van der Waals surface area contributed by atoms with E-state index < -0.39 is 0 Å². The Hall–Kier alpha value is -3.41. The number of amides is 1. The Morgan fingerprint density at radius 3 is 2.80 bits per heavy atom. The molecule has 0 aliphatic rings. The first-order valence-corrected chi connectivity index (χ1v) is 7.80. The fourth-order valence-electron chi connectivity index (χ4n) is 2.83. The number of carbonyl (C=O) groups is 1. The van der Waals surface area contributed by atoms with E-state index in [0.29, 0.717) is 22.3 Å². The van der Waals surface area contributed by atoms with Gasteiger partial charge in [0.1, 0.15) is 11.5 Å². The number of anilines is 1. The van der Waals surface area contributed by atoms with Crippen LogP contribution >= 0.6 is 0 Å². The molecule has 0 atom stereocenters. The van der Waals surface area contributed by atoms with Crippen molar-refractivity contribution in [1.82, 2.24) is 15.2 Å². The van der Waals surface area contributed by atoms with E-state index in [4.69, 9.17) is 0 Å². The number of fused-ring (bicyclic) bond motifs is 1. The average Bonchev–Trinajstić information content (AvgIpc) is 3.28. The lowest BCUT2D eigenvalue weighted by Crippen LogP contribution is -2.12. The van der Waals surface area contributed by atoms with E-state index in [1.54, 1.807) is 24.5 Å². The molecule has 0 radical (unpaired) electrons. The zero-order valence-corrected chi connectivity index (χ0v) is 13.4. The summed E-state index contributed by atoms with van der Waals surface area (Å²) < 4.78 is 13.9. The van der Waals surface area contributed by atoms with Crippen LogP contribution < -0.4 is 5.32 Å². The van der Waals surface area contributed by atoms with Crippen molar-refractivity contribution in [3.8, 4) is 11.1 Å². The van der Waals surface area contributed by atoms with Crippen LogP contribution in [-0.2, 0) is 0 Å². The summed E-state index contributed by atoms with van der Waals surface area (Å²) in [6.07, 6.45) is 3.49. The summed E-state index contributed by atoms with van der Waals surface area (Å²) in [5.41, 5.74) is 4.36. The minimum absolute atomic E-state index is 0.317. The van der Waals surface area contributed by atoms with Crippen molar-refractivity contribution in [3.63, 3.8) is 0 Å². The van der Waals surface area contributed by atoms with E-state index in [-0.39, 0.29) is 11.7 Å². The highest BCUT2D eigenvalue weighted by Gasteiger charge is 2.14. The molecule has 0 spiro atoms. The van der Waals surface area contributed by atoms with Crippen LogP contribution in [0.25, 0.3) is 22.0 Å². The monoisotopic (exact) mass is 334 g/mol. The number of aromatic nitrogens is 3. The van der Waals surface area contributed by atoms with Crippen molar-refractivity contribution < 1.29 is 9.18 Å². The van der Waals surface area contributed by atoms with Crippen LogP contribution in [-0.4, -0.2) is 21.1 Å². The second-order valence-corrected chi connectivity index (χ2v) is 5.86. The van der Waals surface area contributed by atoms with Gasteiger partial charge in [-0.1, -0.05) is 18.2 Å². The number of H-pyrrole nitrogens is 2. The Kier molecular flexibility index (Phi) is 3.57. The van der Waals surface area contributed by atoms with E-state index in [1.807, 2.05) is 25.1 Å². The molecule has 2 aromatic carbocycles. The van der Waals surface area contributed by atoms with E-state index in [1.165, 1.54) is 12.1 Å². The number of rotatable bonds is 3. The third kappa shape index (κ3) is 2.78. The number of hydrogen-bond donors (Lipinski definition) is 3. The first kappa shape index (κ1) is 15.1. The normalized spacial score (nSPS) is 11.0. The molecule has 0 aliphatic heterocycles. The number of carbonyl (C=O) groups excluding carboxylic acids is 1. The predicted molar refractivity (Wildman–Crippen MR) is 95.0 cm³/mol.